The van der Waals surface area contributed by atoms with Gasteiger partial charge in [-0.25, -0.2) is 13.4 Å². The Hall–Kier alpha value is -3.62. The normalized spacial score (nSPS) is 11.2. The van der Waals surface area contributed by atoms with Crippen molar-refractivity contribution in [3.8, 4) is 0 Å². The lowest BCUT2D eigenvalue weighted by atomic mass is 10.2. The van der Waals surface area contributed by atoms with Crippen LogP contribution in [0.4, 0.5) is 28.8 Å². The Morgan fingerprint density at radius 3 is 2.03 bits per heavy atom. The van der Waals surface area contributed by atoms with Crippen molar-refractivity contribution in [2.75, 3.05) is 15.4 Å². The molecule has 3 aromatic carbocycles. The molecule has 1 heterocycles. The number of rotatable bonds is 7. The number of aromatic nitrogens is 2. The Morgan fingerprint density at radius 1 is 0.735 bits per heavy atom. The Balaban J connectivity index is 1.46. The van der Waals surface area contributed by atoms with Crippen LogP contribution in [0.1, 0.15) is 16.8 Å². The van der Waals surface area contributed by atoms with Crippen molar-refractivity contribution in [3.05, 3.63) is 94.6 Å². The van der Waals surface area contributed by atoms with Crippen molar-refractivity contribution in [1.29, 1.82) is 0 Å². The molecule has 0 spiro atoms. The monoisotopic (exact) mass is 493 g/mol. The third-order valence-corrected chi connectivity index (χ3v) is 6.81. The maximum atomic E-state index is 12.7. The molecule has 174 valence electrons. The highest BCUT2D eigenvalue weighted by Crippen LogP contribution is 2.24. The Labute approximate surface area is 204 Å². The molecule has 1 aromatic heterocycles. The third-order valence-electron chi connectivity index (χ3n) is 5.03. The van der Waals surface area contributed by atoms with Crippen molar-refractivity contribution in [2.24, 2.45) is 0 Å². The number of hydrogen-bond acceptors (Lipinski definition) is 6. The highest BCUT2D eigenvalue weighted by molar-refractivity contribution is 7.92. The van der Waals surface area contributed by atoms with Crippen LogP contribution in [0.5, 0.6) is 0 Å². The molecule has 34 heavy (non-hydrogen) atoms. The number of nitrogens with one attached hydrogen (secondary N) is 3. The molecular weight excluding hydrogens is 470 g/mol. The highest BCUT2D eigenvalue weighted by atomic mass is 35.5. The van der Waals surface area contributed by atoms with Crippen LogP contribution in [-0.2, 0) is 10.0 Å². The van der Waals surface area contributed by atoms with Crippen molar-refractivity contribution in [3.63, 3.8) is 0 Å². The molecule has 9 heteroatoms. The van der Waals surface area contributed by atoms with Gasteiger partial charge in [0.1, 0.15) is 5.82 Å². The van der Waals surface area contributed by atoms with Crippen molar-refractivity contribution >= 4 is 50.5 Å². The van der Waals surface area contributed by atoms with E-state index in [2.05, 4.69) is 25.3 Å². The fourth-order valence-electron chi connectivity index (χ4n) is 3.18. The molecule has 0 aliphatic carbocycles. The van der Waals surface area contributed by atoms with Crippen LogP contribution < -0.4 is 15.4 Å². The van der Waals surface area contributed by atoms with Gasteiger partial charge in [0, 0.05) is 33.8 Å². The average molecular weight is 494 g/mol. The Morgan fingerprint density at radius 2 is 1.35 bits per heavy atom. The summed E-state index contributed by atoms with van der Waals surface area (Å²) in [4.78, 5) is 9.07. The SMILES string of the molecule is Cc1ccc(Nc2nc(C)cc(Nc3ccc(NS(=O)(=O)c4ccc(C)c(Cl)c4)cc3)n2)cc1. The van der Waals surface area contributed by atoms with Crippen molar-refractivity contribution < 1.29 is 8.42 Å². The molecule has 0 radical (unpaired) electrons. The van der Waals surface area contributed by atoms with Gasteiger partial charge in [-0.2, -0.15) is 4.98 Å². The van der Waals surface area contributed by atoms with Crippen LogP contribution in [0.25, 0.3) is 0 Å². The van der Waals surface area contributed by atoms with E-state index in [4.69, 9.17) is 11.6 Å². The van der Waals surface area contributed by atoms with Gasteiger partial charge in [0.25, 0.3) is 10.0 Å². The number of halogens is 1. The van der Waals surface area contributed by atoms with Crippen LogP contribution in [0, 0.1) is 20.8 Å². The van der Waals surface area contributed by atoms with Gasteiger partial charge in [-0.15, -0.1) is 0 Å². The number of anilines is 5. The van der Waals surface area contributed by atoms with Gasteiger partial charge in [-0.05, 0) is 74.9 Å². The molecule has 0 unspecified atom stereocenters. The summed E-state index contributed by atoms with van der Waals surface area (Å²) in [5.74, 6) is 1.09. The summed E-state index contributed by atoms with van der Waals surface area (Å²) >= 11 is 6.08. The molecule has 0 aliphatic heterocycles. The lowest BCUT2D eigenvalue weighted by Crippen LogP contribution is -2.13. The third kappa shape index (κ3) is 5.84. The van der Waals surface area contributed by atoms with E-state index in [0.717, 1.165) is 22.6 Å². The molecule has 4 aromatic rings. The van der Waals surface area contributed by atoms with E-state index in [0.29, 0.717) is 22.5 Å². The lowest BCUT2D eigenvalue weighted by molar-refractivity contribution is 0.601. The smallest absolute Gasteiger partial charge is 0.261 e. The fraction of sp³-hybridized carbons (Fsp3) is 0.120. The molecule has 7 nitrogen and oxygen atoms in total. The quantitative estimate of drug-likeness (QED) is 0.278. The first-order valence-corrected chi connectivity index (χ1v) is 12.4. The molecule has 0 saturated heterocycles. The number of aryl methyl sites for hydroxylation is 3. The van der Waals surface area contributed by atoms with E-state index in [1.165, 1.54) is 17.7 Å². The zero-order valence-corrected chi connectivity index (χ0v) is 20.5. The van der Waals surface area contributed by atoms with Gasteiger partial charge in [-0.3, -0.25) is 4.72 Å². The summed E-state index contributed by atoms with van der Waals surface area (Å²) in [6, 6.07) is 21.3. The Bertz CT molecular complexity index is 1420. The second kappa shape index (κ2) is 9.70. The predicted molar refractivity (Wildman–Crippen MR) is 138 cm³/mol. The van der Waals surface area contributed by atoms with Crippen LogP contribution in [-0.4, -0.2) is 18.4 Å². The Kier molecular flexibility index (Phi) is 6.72. The second-order valence-corrected chi connectivity index (χ2v) is 10.0. The standard InChI is InChI=1S/C25H24ClN5O2S/c1-16-4-7-20(8-5-16)29-25-27-18(3)14-24(30-25)28-19-9-11-21(12-10-19)31-34(32,33)22-13-6-17(2)23(26)15-22/h4-15,31H,1-3H3,(H2,27,28,29,30). The van der Waals surface area contributed by atoms with Crippen LogP contribution in [0.15, 0.2) is 77.7 Å². The minimum absolute atomic E-state index is 0.107. The number of nitrogens with zero attached hydrogens (tertiary/aromatic N) is 2. The predicted octanol–water partition coefficient (Wildman–Crippen LogP) is 6.34. The number of sulfonamides is 1. The van der Waals surface area contributed by atoms with E-state index in [9.17, 15) is 8.42 Å². The van der Waals surface area contributed by atoms with Gasteiger partial charge in [0.2, 0.25) is 5.95 Å². The van der Waals surface area contributed by atoms with E-state index in [-0.39, 0.29) is 4.90 Å². The van der Waals surface area contributed by atoms with Crippen molar-refractivity contribution in [2.45, 2.75) is 25.7 Å². The lowest BCUT2D eigenvalue weighted by Gasteiger charge is -2.12. The number of benzene rings is 3. The molecule has 0 bridgehead atoms. The number of hydrogen-bond donors (Lipinski definition) is 3. The summed E-state index contributed by atoms with van der Waals surface area (Å²) in [6.07, 6.45) is 0. The van der Waals surface area contributed by atoms with E-state index in [1.807, 2.05) is 51.1 Å². The summed E-state index contributed by atoms with van der Waals surface area (Å²) in [7, 11) is -3.75. The van der Waals surface area contributed by atoms with E-state index < -0.39 is 10.0 Å². The fourth-order valence-corrected chi connectivity index (χ4v) is 4.51. The maximum absolute atomic E-state index is 12.7. The summed E-state index contributed by atoms with van der Waals surface area (Å²) < 4.78 is 27.9. The molecule has 3 N–H and O–H groups in total. The topological polar surface area (TPSA) is 96.0 Å². The first kappa shape index (κ1) is 23.5. The first-order chi connectivity index (χ1) is 16.2. The molecule has 0 fully saturated rings. The van der Waals surface area contributed by atoms with Gasteiger partial charge in [0.05, 0.1) is 4.90 Å². The molecule has 0 atom stereocenters. The average Bonchev–Trinajstić information content (AvgIpc) is 2.78. The summed E-state index contributed by atoms with van der Waals surface area (Å²) in [5, 5.41) is 6.84. The zero-order chi connectivity index (χ0) is 24.3. The van der Waals surface area contributed by atoms with E-state index in [1.54, 1.807) is 30.3 Å². The van der Waals surface area contributed by atoms with Gasteiger partial charge >= 0.3 is 0 Å². The molecule has 0 aliphatic rings. The van der Waals surface area contributed by atoms with Crippen LogP contribution in [0.2, 0.25) is 5.02 Å². The molecule has 4 rings (SSSR count). The summed E-state index contributed by atoms with van der Waals surface area (Å²) in [5.41, 5.74) is 4.87. The molecular formula is C25H24ClN5O2S. The summed E-state index contributed by atoms with van der Waals surface area (Å²) in [6.45, 7) is 5.74. The first-order valence-electron chi connectivity index (χ1n) is 10.5. The van der Waals surface area contributed by atoms with Gasteiger partial charge in [-0.1, -0.05) is 35.4 Å². The van der Waals surface area contributed by atoms with Gasteiger partial charge < -0.3 is 10.6 Å². The van der Waals surface area contributed by atoms with Crippen LogP contribution >= 0.6 is 11.6 Å². The minimum atomic E-state index is -3.75. The molecule has 0 amide bonds. The van der Waals surface area contributed by atoms with Crippen LogP contribution in [0.3, 0.4) is 0 Å². The van der Waals surface area contributed by atoms with Gasteiger partial charge in [0.15, 0.2) is 0 Å². The van der Waals surface area contributed by atoms with E-state index >= 15 is 0 Å². The second-order valence-electron chi connectivity index (χ2n) is 7.93. The zero-order valence-electron chi connectivity index (χ0n) is 18.9. The maximum Gasteiger partial charge on any atom is 0.261 e. The van der Waals surface area contributed by atoms with Crippen molar-refractivity contribution in [1.82, 2.24) is 9.97 Å². The highest BCUT2D eigenvalue weighted by Gasteiger charge is 2.15. The minimum Gasteiger partial charge on any atom is -0.340 e. The molecule has 0 saturated carbocycles. The largest absolute Gasteiger partial charge is 0.340 e.